The van der Waals surface area contributed by atoms with Crippen molar-refractivity contribution in [1.29, 1.82) is 0 Å². The molecule has 0 spiro atoms. The van der Waals surface area contributed by atoms with Gasteiger partial charge in [-0.3, -0.25) is 0 Å². The predicted octanol–water partition coefficient (Wildman–Crippen LogP) is 14.3. The summed E-state index contributed by atoms with van der Waals surface area (Å²) in [4.78, 5) is 0. The van der Waals surface area contributed by atoms with E-state index < -0.39 is 0 Å². The first kappa shape index (κ1) is 35.1. The lowest BCUT2D eigenvalue weighted by Crippen LogP contribution is -2.35. The number of fused-ring (bicyclic) bond motifs is 8. The maximum atomic E-state index is 2.67. The Morgan fingerprint density at radius 3 is 2.13 bits per heavy atom. The highest BCUT2D eigenvalue weighted by Gasteiger charge is 2.45. The van der Waals surface area contributed by atoms with E-state index in [0.717, 1.165) is 25.7 Å². The highest BCUT2D eigenvalue weighted by molar-refractivity contribution is 6.21. The minimum Gasteiger partial charge on any atom is -0.0842 e. The molecule has 6 aromatic rings. The van der Waals surface area contributed by atoms with Gasteiger partial charge in [-0.25, -0.2) is 0 Å². The maximum Gasteiger partial charge on any atom is 0.0197 e. The van der Waals surface area contributed by atoms with Gasteiger partial charge in [-0.1, -0.05) is 160 Å². The van der Waals surface area contributed by atoms with E-state index >= 15 is 0 Å². The van der Waals surface area contributed by atoms with Crippen molar-refractivity contribution < 1.29 is 0 Å². The van der Waals surface area contributed by atoms with Crippen molar-refractivity contribution in [3.8, 4) is 33.4 Å². The zero-order valence-electron chi connectivity index (χ0n) is 35.8. The Morgan fingerprint density at radius 1 is 0.613 bits per heavy atom. The topological polar surface area (TPSA) is 0 Å². The van der Waals surface area contributed by atoms with Crippen LogP contribution in [0.25, 0.3) is 72.0 Å². The quantitative estimate of drug-likeness (QED) is 0.167. The fourth-order valence-electron chi connectivity index (χ4n) is 13.3. The van der Waals surface area contributed by atoms with Gasteiger partial charge in [0.25, 0.3) is 0 Å². The first-order valence-electron chi connectivity index (χ1n) is 23.1. The first-order valence-corrected chi connectivity index (χ1v) is 23.1. The van der Waals surface area contributed by atoms with Crippen molar-refractivity contribution in [1.82, 2.24) is 0 Å². The van der Waals surface area contributed by atoms with Crippen LogP contribution in [-0.2, 0) is 5.41 Å². The average molecular weight is 793 g/mol. The van der Waals surface area contributed by atoms with E-state index in [1.807, 2.05) is 0 Å². The molecule has 0 radical (unpaired) electrons. The molecule has 0 nitrogen and oxygen atoms in total. The molecular formula is C62H48. The Balaban J connectivity index is 1.08. The van der Waals surface area contributed by atoms with Crippen LogP contribution in [0.1, 0.15) is 80.7 Å². The van der Waals surface area contributed by atoms with Crippen LogP contribution in [0.4, 0.5) is 0 Å². The van der Waals surface area contributed by atoms with E-state index in [0.29, 0.717) is 17.8 Å². The molecule has 6 aromatic carbocycles. The van der Waals surface area contributed by atoms with Gasteiger partial charge in [0, 0.05) is 11.8 Å². The van der Waals surface area contributed by atoms with Crippen LogP contribution in [0.2, 0.25) is 0 Å². The normalized spacial score (nSPS) is 21.9. The monoisotopic (exact) mass is 792 g/mol. The van der Waals surface area contributed by atoms with Gasteiger partial charge in [0.2, 0.25) is 0 Å². The molecule has 8 aliphatic carbocycles. The Morgan fingerprint density at radius 2 is 1.34 bits per heavy atom. The van der Waals surface area contributed by atoms with Crippen molar-refractivity contribution in [2.75, 3.05) is 0 Å². The summed E-state index contributed by atoms with van der Waals surface area (Å²) in [6, 6.07) is 44.4. The van der Waals surface area contributed by atoms with E-state index in [-0.39, 0.29) is 5.41 Å². The van der Waals surface area contributed by atoms with Gasteiger partial charge in [-0.15, -0.1) is 0 Å². The molecule has 0 aliphatic heterocycles. The summed E-state index contributed by atoms with van der Waals surface area (Å²) in [6.07, 6.45) is 23.3. The Hall–Kier alpha value is -6.50. The number of benzene rings is 6. The summed E-state index contributed by atoms with van der Waals surface area (Å²) in [6.45, 7) is 7.04. The molecule has 14 rings (SSSR count). The summed E-state index contributed by atoms with van der Waals surface area (Å²) < 4.78 is 0. The standard InChI is InChI=1S/C62H48/c1-62(2,3)53-24-13-12-21-43(53)40-29-39-26-25-37-27-28-45-47-33-50-51(34-48(47)49-32-41(30-40)54(39)57(37)59(45)49)55(35-15-6-4-7-16-35)60-46-23-14-22-44-42-20-11-10-19-38(42)31-52(58(44)46)61(60)56(50)36-17-8-5-9-18-36/h4-9,11-18,20-26,29-30,32-34,38-39,54H,10,19,27-28,31H2,1-3H3. The third-order valence-electron chi connectivity index (χ3n) is 15.8. The van der Waals surface area contributed by atoms with Gasteiger partial charge >= 0.3 is 0 Å². The van der Waals surface area contributed by atoms with Gasteiger partial charge in [0.15, 0.2) is 0 Å². The molecule has 0 saturated carbocycles. The van der Waals surface area contributed by atoms with E-state index in [1.54, 1.807) is 33.4 Å². The Labute approximate surface area is 364 Å². The molecule has 0 fully saturated rings. The summed E-state index contributed by atoms with van der Waals surface area (Å²) in [5.41, 5.74) is 29.1. The molecule has 3 unspecified atom stereocenters. The minimum atomic E-state index is 0.0528. The predicted molar refractivity (Wildman–Crippen MR) is 260 cm³/mol. The lowest BCUT2D eigenvalue weighted by atomic mass is 9.62. The van der Waals surface area contributed by atoms with Crippen LogP contribution < -0.4 is 10.4 Å². The fraction of sp³-hybridized carbons (Fsp3) is 0.194. The molecule has 8 aliphatic rings. The number of hydrogen-bond acceptors (Lipinski definition) is 0. The molecular weight excluding hydrogens is 745 g/mol. The van der Waals surface area contributed by atoms with Crippen molar-refractivity contribution in [2.45, 2.75) is 58.3 Å². The SMILES string of the molecule is CC(C)(C)c1ccccc1C1=CC2C=CC3=C4C5=C(CC3)c3cc6c(-c7ccccc7)c7c(c(-c8ccccc8)c6cc3C5=CC(=C1)C42)-c1cccc2c1=C7CC1CCC=CC=21. The zero-order chi connectivity index (χ0) is 41.0. The van der Waals surface area contributed by atoms with Gasteiger partial charge in [-0.2, -0.15) is 0 Å². The summed E-state index contributed by atoms with van der Waals surface area (Å²) in [7, 11) is 0. The van der Waals surface area contributed by atoms with Crippen molar-refractivity contribution >= 4 is 38.6 Å². The van der Waals surface area contributed by atoms with Crippen LogP contribution >= 0.6 is 0 Å². The lowest BCUT2D eigenvalue weighted by Gasteiger charge is -2.41. The maximum absolute atomic E-state index is 2.67. The van der Waals surface area contributed by atoms with Gasteiger partial charge < -0.3 is 0 Å². The molecule has 0 N–H and O–H groups in total. The van der Waals surface area contributed by atoms with Gasteiger partial charge in [0.1, 0.15) is 0 Å². The molecule has 0 amide bonds. The molecule has 0 bridgehead atoms. The third-order valence-corrected chi connectivity index (χ3v) is 15.8. The van der Waals surface area contributed by atoms with Crippen molar-refractivity contribution in [3.63, 3.8) is 0 Å². The lowest BCUT2D eigenvalue weighted by molar-refractivity contribution is 0.584. The second-order valence-electron chi connectivity index (χ2n) is 20.0. The summed E-state index contributed by atoms with van der Waals surface area (Å²) >= 11 is 0. The Kier molecular flexibility index (Phi) is 7.11. The number of rotatable bonds is 3. The zero-order valence-corrected chi connectivity index (χ0v) is 35.8. The molecule has 0 aromatic heterocycles. The fourth-order valence-corrected chi connectivity index (χ4v) is 13.3. The number of allylic oxidation sites excluding steroid dienone is 14. The van der Waals surface area contributed by atoms with Gasteiger partial charge in [-0.05, 0) is 194 Å². The van der Waals surface area contributed by atoms with E-state index in [9.17, 15) is 0 Å². The number of hydrogen-bond donors (Lipinski definition) is 0. The smallest absolute Gasteiger partial charge is 0.0197 e. The van der Waals surface area contributed by atoms with E-state index in [2.05, 4.69) is 179 Å². The van der Waals surface area contributed by atoms with E-state index in [4.69, 9.17) is 0 Å². The molecule has 296 valence electrons. The summed E-state index contributed by atoms with van der Waals surface area (Å²) in [5.74, 6) is 1.26. The third kappa shape index (κ3) is 4.68. The van der Waals surface area contributed by atoms with Crippen LogP contribution in [0, 0.1) is 17.8 Å². The molecule has 62 heavy (non-hydrogen) atoms. The first-order chi connectivity index (χ1) is 30.4. The second kappa shape index (κ2) is 12.5. The van der Waals surface area contributed by atoms with E-state index in [1.165, 1.54) is 106 Å². The van der Waals surface area contributed by atoms with Gasteiger partial charge in [0.05, 0.1) is 0 Å². The highest BCUT2D eigenvalue weighted by atomic mass is 14.5. The van der Waals surface area contributed by atoms with Crippen LogP contribution in [-0.4, -0.2) is 0 Å². The van der Waals surface area contributed by atoms with Crippen LogP contribution in [0.5, 0.6) is 0 Å². The van der Waals surface area contributed by atoms with Crippen molar-refractivity contribution in [3.05, 3.63) is 218 Å². The average Bonchev–Trinajstić information content (AvgIpc) is 3.80. The Bertz CT molecular complexity index is 3430. The molecule has 0 saturated heterocycles. The molecule has 3 atom stereocenters. The van der Waals surface area contributed by atoms with Crippen molar-refractivity contribution in [2.24, 2.45) is 17.8 Å². The minimum absolute atomic E-state index is 0.0528. The largest absolute Gasteiger partial charge is 0.0842 e. The molecule has 0 heteroatoms. The summed E-state index contributed by atoms with van der Waals surface area (Å²) in [5, 5.41) is 5.69. The van der Waals surface area contributed by atoms with Crippen LogP contribution in [0.3, 0.4) is 0 Å². The molecule has 0 heterocycles. The van der Waals surface area contributed by atoms with Crippen LogP contribution in [0.15, 0.2) is 180 Å². The second-order valence-corrected chi connectivity index (χ2v) is 20.0. The highest BCUT2D eigenvalue weighted by Crippen LogP contribution is 2.62.